The van der Waals surface area contributed by atoms with Gasteiger partial charge in [-0.15, -0.1) is 0 Å². The number of amides is 2. The maximum absolute atomic E-state index is 12.0. The van der Waals surface area contributed by atoms with Gasteiger partial charge in [-0.05, 0) is 19.8 Å². The van der Waals surface area contributed by atoms with Gasteiger partial charge >= 0.3 is 0 Å². The predicted octanol–water partition coefficient (Wildman–Crippen LogP) is -0.983. The van der Waals surface area contributed by atoms with Gasteiger partial charge in [-0.3, -0.25) is 14.5 Å². The van der Waals surface area contributed by atoms with Crippen molar-refractivity contribution in [2.75, 3.05) is 39.8 Å². The van der Waals surface area contributed by atoms with E-state index in [0.29, 0.717) is 18.6 Å². The molecule has 2 amide bonds. The molecule has 108 valence electrons. The van der Waals surface area contributed by atoms with E-state index in [9.17, 15) is 9.59 Å². The van der Waals surface area contributed by atoms with Crippen LogP contribution in [0.2, 0.25) is 0 Å². The molecule has 6 nitrogen and oxygen atoms in total. The molecule has 2 fully saturated rings. The number of hydrogen-bond donors (Lipinski definition) is 2. The van der Waals surface area contributed by atoms with E-state index in [2.05, 4.69) is 22.5 Å². The molecule has 6 heteroatoms. The van der Waals surface area contributed by atoms with Crippen LogP contribution in [-0.2, 0) is 9.59 Å². The van der Waals surface area contributed by atoms with E-state index >= 15 is 0 Å². The number of hydrogen-bond acceptors (Lipinski definition) is 4. The number of carbonyl (C=O) groups is 2. The average Bonchev–Trinajstić information content (AvgIpc) is 3.12. The van der Waals surface area contributed by atoms with Crippen LogP contribution in [0.25, 0.3) is 0 Å². The molecule has 0 bridgehead atoms. The molecule has 1 aliphatic heterocycles. The lowest BCUT2D eigenvalue weighted by atomic mass is 10.2. The minimum absolute atomic E-state index is 0.0139. The third-order valence-electron chi connectivity index (χ3n) is 3.56. The number of piperazine rings is 1. The zero-order chi connectivity index (χ0) is 13.8. The molecular formula is C13H24N4O2. The Bertz CT molecular complexity index is 344. The Kier molecular flexibility index (Phi) is 4.76. The van der Waals surface area contributed by atoms with Crippen molar-refractivity contribution in [3.63, 3.8) is 0 Å². The summed E-state index contributed by atoms with van der Waals surface area (Å²) in [5.41, 5.74) is 0. The van der Waals surface area contributed by atoms with Gasteiger partial charge in [-0.1, -0.05) is 0 Å². The van der Waals surface area contributed by atoms with Gasteiger partial charge in [0.1, 0.15) is 0 Å². The topological polar surface area (TPSA) is 64.7 Å². The van der Waals surface area contributed by atoms with Crippen LogP contribution in [0.3, 0.4) is 0 Å². The molecule has 1 atom stereocenters. The number of nitrogens with zero attached hydrogens (tertiary/aromatic N) is 2. The van der Waals surface area contributed by atoms with Crippen LogP contribution in [0.15, 0.2) is 0 Å². The van der Waals surface area contributed by atoms with Crippen LogP contribution >= 0.6 is 0 Å². The van der Waals surface area contributed by atoms with Crippen molar-refractivity contribution in [2.24, 2.45) is 0 Å². The summed E-state index contributed by atoms with van der Waals surface area (Å²) >= 11 is 0. The van der Waals surface area contributed by atoms with E-state index in [-0.39, 0.29) is 18.4 Å². The maximum atomic E-state index is 12.0. The highest BCUT2D eigenvalue weighted by Gasteiger charge is 2.25. The zero-order valence-electron chi connectivity index (χ0n) is 11.8. The fourth-order valence-electron chi connectivity index (χ4n) is 2.27. The summed E-state index contributed by atoms with van der Waals surface area (Å²) in [5.74, 6) is -0.0351. The first-order valence-electron chi connectivity index (χ1n) is 7.03. The van der Waals surface area contributed by atoms with Gasteiger partial charge in [-0.2, -0.15) is 0 Å². The SMILES string of the molecule is CC1CN(CC(=O)N(C)CC(=O)NC2CC2)CCN1. The normalized spacial score (nSPS) is 24.0. The van der Waals surface area contributed by atoms with Crippen molar-refractivity contribution < 1.29 is 9.59 Å². The van der Waals surface area contributed by atoms with Crippen LogP contribution in [0, 0.1) is 0 Å². The Morgan fingerprint density at radius 1 is 1.42 bits per heavy atom. The molecule has 2 aliphatic rings. The zero-order valence-corrected chi connectivity index (χ0v) is 11.8. The highest BCUT2D eigenvalue weighted by molar-refractivity contribution is 5.85. The second-order valence-corrected chi connectivity index (χ2v) is 5.68. The second-order valence-electron chi connectivity index (χ2n) is 5.68. The first-order chi connectivity index (χ1) is 9.04. The summed E-state index contributed by atoms with van der Waals surface area (Å²) in [6, 6.07) is 0.773. The van der Waals surface area contributed by atoms with E-state index in [1.54, 1.807) is 7.05 Å². The number of nitrogens with one attached hydrogen (secondary N) is 2. The Balaban J connectivity index is 1.70. The highest BCUT2D eigenvalue weighted by atomic mass is 16.2. The van der Waals surface area contributed by atoms with Crippen LogP contribution < -0.4 is 10.6 Å². The summed E-state index contributed by atoms with van der Waals surface area (Å²) in [6.45, 7) is 5.37. The largest absolute Gasteiger partial charge is 0.352 e. The Labute approximate surface area is 114 Å². The number of rotatable bonds is 5. The fourth-order valence-corrected chi connectivity index (χ4v) is 2.27. The van der Waals surface area contributed by atoms with E-state index in [0.717, 1.165) is 32.5 Å². The van der Waals surface area contributed by atoms with Gasteiger partial charge in [0.25, 0.3) is 0 Å². The van der Waals surface area contributed by atoms with Gasteiger partial charge in [-0.25, -0.2) is 0 Å². The smallest absolute Gasteiger partial charge is 0.239 e. The molecular weight excluding hydrogens is 244 g/mol. The van der Waals surface area contributed by atoms with Crippen molar-refractivity contribution in [1.82, 2.24) is 20.4 Å². The molecule has 0 radical (unpaired) electrons. The van der Waals surface area contributed by atoms with Crippen LogP contribution in [0.4, 0.5) is 0 Å². The molecule has 0 spiro atoms. The van der Waals surface area contributed by atoms with Crippen LogP contribution in [-0.4, -0.2) is 73.5 Å². The predicted molar refractivity (Wildman–Crippen MR) is 72.7 cm³/mol. The van der Waals surface area contributed by atoms with E-state index < -0.39 is 0 Å². The Morgan fingerprint density at radius 2 is 2.16 bits per heavy atom. The van der Waals surface area contributed by atoms with Gasteiger partial charge < -0.3 is 15.5 Å². The van der Waals surface area contributed by atoms with Gasteiger partial charge in [0.2, 0.25) is 11.8 Å². The summed E-state index contributed by atoms with van der Waals surface area (Å²) in [7, 11) is 1.69. The Morgan fingerprint density at radius 3 is 2.79 bits per heavy atom. The lowest BCUT2D eigenvalue weighted by Crippen LogP contribution is -2.52. The summed E-state index contributed by atoms with van der Waals surface area (Å²) in [5, 5.41) is 6.24. The van der Waals surface area contributed by atoms with Gasteiger partial charge in [0.05, 0.1) is 13.1 Å². The lowest BCUT2D eigenvalue weighted by Gasteiger charge is -2.32. The fraction of sp³-hybridized carbons (Fsp3) is 0.846. The summed E-state index contributed by atoms with van der Waals surface area (Å²) in [6.07, 6.45) is 2.14. The molecule has 1 aliphatic carbocycles. The third-order valence-corrected chi connectivity index (χ3v) is 3.56. The lowest BCUT2D eigenvalue weighted by molar-refractivity contribution is -0.135. The number of carbonyl (C=O) groups excluding carboxylic acids is 2. The monoisotopic (exact) mass is 268 g/mol. The van der Waals surface area contributed by atoms with Crippen molar-refractivity contribution in [3.8, 4) is 0 Å². The van der Waals surface area contributed by atoms with Gasteiger partial charge in [0.15, 0.2) is 0 Å². The summed E-state index contributed by atoms with van der Waals surface area (Å²) in [4.78, 5) is 27.3. The molecule has 0 aromatic rings. The molecule has 0 aromatic heterocycles. The minimum Gasteiger partial charge on any atom is -0.352 e. The molecule has 2 rings (SSSR count). The molecule has 1 saturated heterocycles. The first kappa shape index (κ1) is 14.3. The van der Waals surface area contributed by atoms with Crippen molar-refractivity contribution >= 4 is 11.8 Å². The van der Waals surface area contributed by atoms with E-state index in [1.807, 2.05) is 0 Å². The van der Waals surface area contributed by atoms with E-state index in [1.165, 1.54) is 4.90 Å². The molecule has 1 heterocycles. The van der Waals surface area contributed by atoms with Gasteiger partial charge in [0, 0.05) is 38.8 Å². The summed E-state index contributed by atoms with van der Waals surface area (Å²) < 4.78 is 0. The molecule has 1 unspecified atom stereocenters. The van der Waals surface area contributed by atoms with Crippen LogP contribution in [0.5, 0.6) is 0 Å². The molecule has 1 saturated carbocycles. The van der Waals surface area contributed by atoms with E-state index in [4.69, 9.17) is 0 Å². The van der Waals surface area contributed by atoms with Crippen LogP contribution in [0.1, 0.15) is 19.8 Å². The quantitative estimate of drug-likeness (QED) is 0.672. The second kappa shape index (κ2) is 6.34. The Hall–Kier alpha value is -1.14. The van der Waals surface area contributed by atoms with Crippen molar-refractivity contribution in [3.05, 3.63) is 0 Å². The highest BCUT2D eigenvalue weighted by Crippen LogP contribution is 2.18. The van der Waals surface area contributed by atoms with Crippen molar-refractivity contribution in [1.29, 1.82) is 0 Å². The first-order valence-corrected chi connectivity index (χ1v) is 7.03. The third kappa shape index (κ3) is 4.80. The standard InChI is InChI=1S/C13H24N4O2/c1-10-7-17(6-5-14-10)9-13(19)16(2)8-12(18)15-11-3-4-11/h10-11,14H,3-9H2,1-2H3,(H,15,18). The average molecular weight is 268 g/mol. The minimum atomic E-state index is -0.0490. The van der Waals surface area contributed by atoms with Crippen molar-refractivity contribution in [2.45, 2.75) is 31.8 Å². The maximum Gasteiger partial charge on any atom is 0.239 e. The molecule has 0 aromatic carbocycles. The molecule has 2 N–H and O–H groups in total. The molecule has 19 heavy (non-hydrogen) atoms. The number of likely N-dealkylation sites (N-methyl/N-ethyl adjacent to an activating group) is 1.